The molecule has 0 radical (unpaired) electrons. The minimum atomic E-state index is -1.69. The normalized spacial score (nSPS) is 37.8. The van der Waals surface area contributed by atoms with E-state index >= 15 is 0 Å². The molecular formula is C12H18N2O3. The van der Waals surface area contributed by atoms with Crippen LogP contribution in [0.1, 0.15) is 13.3 Å². The molecule has 1 aliphatic heterocycles. The molecule has 5 heteroatoms. The van der Waals surface area contributed by atoms with Crippen molar-refractivity contribution in [1.29, 1.82) is 0 Å². The van der Waals surface area contributed by atoms with Gasteiger partial charge in [-0.25, -0.2) is 0 Å². The highest BCUT2D eigenvalue weighted by atomic mass is 16.7. The van der Waals surface area contributed by atoms with Crippen molar-refractivity contribution < 1.29 is 14.9 Å². The summed E-state index contributed by atoms with van der Waals surface area (Å²) in [6.07, 6.45) is -1.09. The van der Waals surface area contributed by atoms with Crippen LogP contribution in [0.2, 0.25) is 0 Å². The smallest absolute Gasteiger partial charge is 0.224 e. The molecule has 0 amide bonds. The fourth-order valence-electron chi connectivity index (χ4n) is 2.09. The lowest BCUT2D eigenvalue weighted by molar-refractivity contribution is -0.271. The highest BCUT2D eigenvalue weighted by Crippen LogP contribution is 2.26. The Hall–Kier alpha value is -1.14. The van der Waals surface area contributed by atoms with Crippen molar-refractivity contribution in [2.24, 2.45) is 5.73 Å². The topological polar surface area (TPSA) is 87.7 Å². The summed E-state index contributed by atoms with van der Waals surface area (Å²) in [5, 5.41) is 22.8. The van der Waals surface area contributed by atoms with Crippen LogP contribution in [0, 0.1) is 0 Å². The van der Waals surface area contributed by atoms with Gasteiger partial charge in [-0.2, -0.15) is 0 Å². The number of anilines is 1. The van der Waals surface area contributed by atoms with Crippen LogP contribution in [0.25, 0.3) is 0 Å². The van der Waals surface area contributed by atoms with Crippen LogP contribution < -0.4 is 11.1 Å². The van der Waals surface area contributed by atoms with Gasteiger partial charge in [0.1, 0.15) is 6.10 Å². The highest BCUT2D eigenvalue weighted by Gasteiger charge is 2.41. The lowest BCUT2D eigenvalue weighted by Crippen LogP contribution is -2.60. The van der Waals surface area contributed by atoms with Crippen LogP contribution in [0.3, 0.4) is 0 Å². The second-order valence-electron chi connectivity index (χ2n) is 4.48. The molecule has 1 saturated heterocycles. The van der Waals surface area contributed by atoms with Gasteiger partial charge in [-0.1, -0.05) is 18.2 Å². The Balaban J connectivity index is 2.09. The van der Waals surface area contributed by atoms with E-state index in [1.165, 1.54) is 0 Å². The van der Waals surface area contributed by atoms with Crippen molar-refractivity contribution in [3.8, 4) is 0 Å². The Morgan fingerprint density at radius 3 is 2.71 bits per heavy atom. The lowest BCUT2D eigenvalue weighted by Gasteiger charge is -2.41. The number of aliphatic hydroxyl groups is 2. The van der Waals surface area contributed by atoms with Crippen molar-refractivity contribution in [2.45, 2.75) is 37.5 Å². The maximum atomic E-state index is 9.98. The molecule has 1 aliphatic rings. The van der Waals surface area contributed by atoms with E-state index in [9.17, 15) is 10.2 Å². The van der Waals surface area contributed by atoms with Crippen molar-refractivity contribution in [1.82, 2.24) is 0 Å². The first-order valence-corrected chi connectivity index (χ1v) is 5.67. The van der Waals surface area contributed by atoms with Gasteiger partial charge in [0.25, 0.3) is 0 Å². The third-order valence-electron chi connectivity index (χ3n) is 2.92. The number of benzene rings is 1. The molecule has 0 spiro atoms. The quantitative estimate of drug-likeness (QED) is 0.554. The van der Waals surface area contributed by atoms with Gasteiger partial charge < -0.3 is 20.3 Å². The Kier molecular flexibility index (Phi) is 3.35. The van der Waals surface area contributed by atoms with Gasteiger partial charge in [-0.15, -0.1) is 0 Å². The van der Waals surface area contributed by atoms with Gasteiger partial charge in [0.15, 0.2) is 0 Å². The molecule has 2 rings (SSSR count). The number of para-hydroxylation sites is 1. The molecule has 4 atom stereocenters. The van der Waals surface area contributed by atoms with E-state index in [1.807, 2.05) is 30.3 Å². The molecule has 5 nitrogen and oxygen atoms in total. The Morgan fingerprint density at radius 2 is 2.06 bits per heavy atom. The molecule has 0 bridgehead atoms. The lowest BCUT2D eigenvalue weighted by atomic mass is 9.97. The third-order valence-corrected chi connectivity index (χ3v) is 2.92. The second kappa shape index (κ2) is 4.62. The summed E-state index contributed by atoms with van der Waals surface area (Å²) in [7, 11) is 0. The first kappa shape index (κ1) is 12.3. The number of nitrogens with two attached hydrogens (primary N) is 1. The van der Waals surface area contributed by atoms with E-state index in [2.05, 4.69) is 5.32 Å². The van der Waals surface area contributed by atoms with Crippen LogP contribution in [-0.2, 0) is 4.74 Å². The summed E-state index contributed by atoms with van der Waals surface area (Å²) in [6, 6.07) is 9.15. The van der Waals surface area contributed by atoms with Gasteiger partial charge >= 0.3 is 0 Å². The van der Waals surface area contributed by atoms with Crippen LogP contribution in [0.5, 0.6) is 0 Å². The molecule has 1 unspecified atom stereocenters. The third kappa shape index (κ3) is 2.95. The van der Waals surface area contributed by atoms with Crippen molar-refractivity contribution in [2.75, 3.05) is 5.32 Å². The molecule has 0 saturated carbocycles. The van der Waals surface area contributed by atoms with Crippen LogP contribution >= 0.6 is 0 Å². The second-order valence-corrected chi connectivity index (χ2v) is 4.48. The van der Waals surface area contributed by atoms with E-state index in [4.69, 9.17) is 10.5 Å². The minimum absolute atomic E-state index is 0.132. The summed E-state index contributed by atoms with van der Waals surface area (Å²) in [4.78, 5) is 0. The monoisotopic (exact) mass is 238 g/mol. The molecule has 5 N–H and O–H groups in total. The fraction of sp³-hybridized carbons (Fsp3) is 0.500. The highest BCUT2D eigenvalue weighted by molar-refractivity contribution is 5.43. The van der Waals surface area contributed by atoms with Gasteiger partial charge in [0.05, 0.1) is 12.1 Å². The standard InChI is InChI=1S/C12H18N2O3/c1-8-11(15)10(7-12(13,16)17-8)14-9-5-3-2-4-6-9/h2-6,8,10-11,14-16H,7,13H2,1H3/t8-,10+,11-,12?/m0/s1. The molecule has 1 aromatic carbocycles. The summed E-state index contributed by atoms with van der Waals surface area (Å²) in [5.74, 6) is -1.69. The molecule has 94 valence electrons. The zero-order chi connectivity index (χ0) is 12.5. The first-order valence-electron chi connectivity index (χ1n) is 5.67. The summed E-state index contributed by atoms with van der Waals surface area (Å²) < 4.78 is 5.10. The van der Waals surface area contributed by atoms with E-state index in [0.717, 1.165) is 5.69 Å². The van der Waals surface area contributed by atoms with E-state index in [1.54, 1.807) is 6.92 Å². The maximum absolute atomic E-state index is 9.98. The van der Waals surface area contributed by atoms with Crippen molar-refractivity contribution >= 4 is 5.69 Å². The molecule has 1 aromatic rings. The zero-order valence-corrected chi connectivity index (χ0v) is 9.71. The van der Waals surface area contributed by atoms with Crippen LogP contribution in [0.15, 0.2) is 30.3 Å². The van der Waals surface area contributed by atoms with Gasteiger partial charge in [0, 0.05) is 12.1 Å². The predicted octanol–water partition coefficient (Wildman–Crippen LogP) is 0.242. The SMILES string of the molecule is C[C@@H]1OC(N)(O)C[C@@H](Nc2ccccc2)[C@H]1O. The molecule has 0 aliphatic carbocycles. The molecule has 1 fully saturated rings. The number of aliphatic hydroxyl groups excluding tert-OH is 1. The molecular weight excluding hydrogens is 220 g/mol. The Morgan fingerprint density at radius 1 is 1.41 bits per heavy atom. The number of nitrogens with one attached hydrogen (secondary N) is 1. The van der Waals surface area contributed by atoms with E-state index in [-0.39, 0.29) is 12.5 Å². The fourth-order valence-corrected chi connectivity index (χ4v) is 2.09. The predicted molar refractivity (Wildman–Crippen MR) is 64.2 cm³/mol. The average Bonchev–Trinajstić information content (AvgIpc) is 2.26. The Labute approximate surface area is 100 Å². The summed E-state index contributed by atoms with van der Waals surface area (Å²) >= 11 is 0. The summed E-state index contributed by atoms with van der Waals surface area (Å²) in [6.45, 7) is 1.68. The molecule has 17 heavy (non-hydrogen) atoms. The first-order chi connectivity index (χ1) is 7.98. The largest absolute Gasteiger partial charge is 0.388 e. The van der Waals surface area contributed by atoms with Crippen molar-refractivity contribution in [3.05, 3.63) is 30.3 Å². The Bertz CT molecular complexity index is 369. The average molecular weight is 238 g/mol. The number of hydrogen-bond acceptors (Lipinski definition) is 5. The van der Waals surface area contributed by atoms with Gasteiger partial charge in [-0.05, 0) is 19.1 Å². The maximum Gasteiger partial charge on any atom is 0.224 e. The van der Waals surface area contributed by atoms with Crippen LogP contribution in [-0.4, -0.2) is 34.4 Å². The minimum Gasteiger partial charge on any atom is -0.388 e. The number of hydrogen-bond donors (Lipinski definition) is 4. The van der Waals surface area contributed by atoms with Gasteiger partial charge in [0.2, 0.25) is 5.91 Å². The van der Waals surface area contributed by atoms with E-state index < -0.39 is 18.1 Å². The van der Waals surface area contributed by atoms with Gasteiger partial charge in [-0.3, -0.25) is 5.73 Å². The molecule has 0 aromatic heterocycles. The number of ether oxygens (including phenoxy) is 1. The van der Waals surface area contributed by atoms with Crippen LogP contribution in [0.4, 0.5) is 5.69 Å². The van der Waals surface area contributed by atoms with E-state index in [0.29, 0.717) is 0 Å². The number of rotatable bonds is 2. The summed E-state index contributed by atoms with van der Waals surface area (Å²) in [5.41, 5.74) is 6.43. The molecule has 1 heterocycles. The zero-order valence-electron chi connectivity index (χ0n) is 9.71. The van der Waals surface area contributed by atoms with Crippen molar-refractivity contribution in [3.63, 3.8) is 0 Å².